The Hall–Kier alpha value is -0.390. The number of carbonyl (C=O) groups excluding carboxylic acids is 1. The summed E-state index contributed by atoms with van der Waals surface area (Å²) in [6.07, 6.45) is 0. The highest BCUT2D eigenvalue weighted by Gasteiger charge is 2.16. The molecule has 16 heavy (non-hydrogen) atoms. The third-order valence-electron chi connectivity index (χ3n) is 2.26. The molecule has 0 bridgehead atoms. The van der Waals surface area contributed by atoms with Gasteiger partial charge in [0, 0.05) is 27.3 Å². The van der Waals surface area contributed by atoms with Crippen LogP contribution in [0, 0.1) is 0 Å². The van der Waals surface area contributed by atoms with Gasteiger partial charge in [0.15, 0.2) is 0 Å². The van der Waals surface area contributed by atoms with Crippen molar-refractivity contribution in [1.29, 1.82) is 0 Å². The summed E-state index contributed by atoms with van der Waals surface area (Å²) >= 11 is 5.11. The van der Waals surface area contributed by atoms with Gasteiger partial charge in [-0.3, -0.25) is 10.1 Å². The number of likely N-dealkylation sites (N-methyl/N-ethyl adjacent to an activating group) is 1. The molecule has 0 saturated heterocycles. The Morgan fingerprint density at radius 1 is 1.56 bits per heavy atom. The van der Waals surface area contributed by atoms with Crippen LogP contribution >= 0.6 is 27.3 Å². The number of halogens is 1. The van der Waals surface area contributed by atoms with Gasteiger partial charge in [0.2, 0.25) is 5.91 Å². The van der Waals surface area contributed by atoms with Gasteiger partial charge >= 0.3 is 0 Å². The Morgan fingerprint density at radius 3 is 2.75 bits per heavy atom. The predicted molar refractivity (Wildman–Crippen MR) is 71.7 cm³/mol. The molecule has 90 valence electrons. The molecule has 2 atom stereocenters. The summed E-state index contributed by atoms with van der Waals surface area (Å²) in [4.78, 5) is 12.8. The van der Waals surface area contributed by atoms with Crippen LogP contribution < -0.4 is 10.6 Å². The van der Waals surface area contributed by atoms with Crippen LogP contribution in [0.25, 0.3) is 0 Å². The molecule has 0 saturated carbocycles. The minimum absolute atomic E-state index is 0.0463. The lowest BCUT2D eigenvalue weighted by Gasteiger charge is -2.18. The molecule has 1 amide bonds. The summed E-state index contributed by atoms with van der Waals surface area (Å²) in [7, 11) is 0. The summed E-state index contributed by atoms with van der Waals surface area (Å²) in [5.41, 5.74) is 0. The van der Waals surface area contributed by atoms with Crippen molar-refractivity contribution < 1.29 is 4.79 Å². The van der Waals surface area contributed by atoms with Crippen molar-refractivity contribution in [2.75, 3.05) is 6.54 Å². The van der Waals surface area contributed by atoms with Gasteiger partial charge in [-0.05, 0) is 42.8 Å². The zero-order chi connectivity index (χ0) is 12.1. The van der Waals surface area contributed by atoms with E-state index >= 15 is 0 Å². The van der Waals surface area contributed by atoms with Crippen molar-refractivity contribution in [3.05, 3.63) is 20.8 Å². The third kappa shape index (κ3) is 3.88. The molecule has 5 heteroatoms. The van der Waals surface area contributed by atoms with Gasteiger partial charge in [-0.2, -0.15) is 0 Å². The zero-order valence-electron chi connectivity index (χ0n) is 9.71. The van der Waals surface area contributed by atoms with Crippen LogP contribution in [-0.2, 0) is 4.79 Å². The van der Waals surface area contributed by atoms with Crippen molar-refractivity contribution in [3.63, 3.8) is 0 Å². The lowest BCUT2D eigenvalue weighted by Crippen LogP contribution is -2.42. The Morgan fingerprint density at radius 2 is 2.25 bits per heavy atom. The first-order chi connectivity index (χ1) is 7.54. The van der Waals surface area contributed by atoms with Crippen LogP contribution in [0.4, 0.5) is 0 Å². The first-order valence-corrected chi connectivity index (χ1v) is 6.99. The number of carbonyl (C=O) groups is 1. The fourth-order valence-corrected chi connectivity index (χ4v) is 2.88. The van der Waals surface area contributed by atoms with Crippen molar-refractivity contribution in [1.82, 2.24) is 10.6 Å². The van der Waals surface area contributed by atoms with Crippen molar-refractivity contribution in [2.24, 2.45) is 0 Å². The Labute approximate surface area is 109 Å². The zero-order valence-corrected chi connectivity index (χ0v) is 12.1. The van der Waals surface area contributed by atoms with Gasteiger partial charge in [0.1, 0.15) is 0 Å². The number of amides is 1. The van der Waals surface area contributed by atoms with Gasteiger partial charge in [0.05, 0.1) is 6.04 Å². The van der Waals surface area contributed by atoms with E-state index in [1.165, 1.54) is 4.88 Å². The summed E-state index contributed by atoms with van der Waals surface area (Å²) < 4.78 is 1.09. The second-order valence-corrected chi connectivity index (χ2v) is 5.53. The van der Waals surface area contributed by atoms with E-state index in [0.29, 0.717) is 6.54 Å². The molecule has 1 heterocycles. The average molecular weight is 305 g/mol. The van der Waals surface area contributed by atoms with E-state index in [1.807, 2.05) is 19.2 Å². The molecular formula is C11H17BrN2OS. The van der Waals surface area contributed by atoms with E-state index in [1.54, 1.807) is 11.3 Å². The van der Waals surface area contributed by atoms with E-state index in [0.717, 1.165) is 4.47 Å². The molecule has 1 aromatic rings. The van der Waals surface area contributed by atoms with Crippen molar-refractivity contribution >= 4 is 33.2 Å². The number of hydrogen-bond acceptors (Lipinski definition) is 3. The Balaban J connectivity index is 2.51. The molecule has 1 rings (SSSR count). The van der Waals surface area contributed by atoms with Gasteiger partial charge in [-0.25, -0.2) is 0 Å². The second-order valence-electron chi connectivity index (χ2n) is 3.67. The fourth-order valence-electron chi connectivity index (χ4n) is 1.42. The smallest absolute Gasteiger partial charge is 0.236 e. The first kappa shape index (κ1) is 13.7. The molecule has 0 aliphatic carbocycles. The molecule has 0 aromatic carbocycles. The predicted octanol–water partition coefficient (Wildman–Crippen LogP) is 2.69. The summed E-state index contributed by atoms with van der Waals surface area (Å²) in [6.45, 7) is 6.53. The third-order valence-corrected chi connectivity index (χ3v) is 4.14. The highest BCUT2D eigenvalue weighted by Crippen LogP contribution is 2.25. The standard InChI is InChI=1S/C11H17BrN2OS/c1-4-13-11(15)8(3)14-7(2)10-5-9(12)6-16-10/h5-8,14H,4H2,1-3H3,(H,13,15). The second kappa shape index (κ2) is 6.37. The minimum atomic E-state index is -0.171. The van der Waals surface area contributed by atoms with Crippen LogP contribution in [0.5, 0.6) is 0 Å². The SMILES string of the molecule is CCNC(=O)C(C)NC(C)c1cc(Br)cs1. The van der Waals surface area contributed by atoms with Crippen LogP contribution in [-0.4, -0.2) is 18.5 Å². The summed E-state index contributed by atoms with van der Waals surface area (Å²) in [5.74, 6) is 0.0463. The number of rotatable bonds is 5. The molecule has 0 fully saturated rings. The quantitative estimate of drug-likeness (QED) is 0.878. The molecule has 0 spiro atoms. The maximum Gasteiger partial charge on any atom is 0.236 e. The lowest BCUT2D eigenvalue weighted by molar-refractivity contribution is -0.122. The van der Waals surface area contributed by atoms with E-state index in [2.05, 4.69) is 39.6 Å². The largest absolute Gasteiger partial charge is 0.355 e. The van der Waals surface area contributed by atoms with Crippen molar-refractivity contribution in [3.8, 4) is 0 Å². The normalized spacial score (nSPS) is 14.5. The highest BCUT2D eigenvalue weighted by molar-refractivity contribution is 9.10. The van der Waals surface area contributed by atoms with Crippen LogP contribution in [0.15, 0.2) is 15.9 Å². The van der Waals surface area contributed by atoms with Crippen LogP contribution in [0.1, 0.15) is 31.7 Å². The molecule has 0 aliphatic heterocycles. The molecule has 2 unspecified atom stereocenters. The van der Waals surface area contributed by atoms with E-state index in [-0.39, 0.29) is 18.0 Å². The van der Waals surface area contributed by atoms with Crippen LogP contribution in [0.2, 0.25) is 0 Å². The van der Waals surface area contributed by atoms with Gasteiger partial charge < -0.3 is 5.32 Å². The minimum Gasteiger partial charge on any atom is -0.355 e. The number of thiophene rings is 1. The molecule has 3 nitrogen and oxygen atoms in total. The van der Waals surface area contributed by atoms with E-state index in [9.17, 15) is 4.79 Å². The monoisotopic (exact) mass is 304 g/mol. The van der Waals surface area contributed by atoms with Gasteiger partial charge in [0.25, 0.3) is 0 Å². The lowest BCUT2D eigenvalue weighted by atomic mass is 10.2. The van der Waals surface area contributed by atoms with Gasteiger partial charge in [-0.15, -0.1) is 11.3 Å². The molecule has 2 N–H and O–H groups in total. The maximum absolute atomic E-state index is 11.5. The van der Waals surface area contributed by atoms with Crippen molar-refractivity contribution in [2.45, 2.75) is 32.9 Å². The van der Waals surface area contributed by atoms with E-state index in [4.69, 9.17) is 0 Å². The number of hydrogen-bond donors (Lipinski definition) is 2. The molecule has 1 aromatic heterocycles. The summed E-state index contributed by atoms with van der Waals surface area (Å²) in [5, 5.41) is 8.12. The molecule has 0 radical (unpaired) electrons. The fraction of sp³-hybridized carbons (Fsp3) is 0.545. The topological polar surface area (TPSA) is 41.1 Å². The molecule has 0 aliphatic rings. The maximum atomic E-state index is 11.5. The van der Waals surface area contributed by atoms with Gasteiger partial charge in [-0.1, -0.05) is 0 Å². The molecular weight excluding hydrogens is 288 g/mol. The Kier molecular flexibility index (Phi) is 5.44. The average Bonchev–Trinajstić information content (AvgIpc) is 2.65. The highest BCUT2D eigenvalue weighted by atomic mass is 79.9. The van der Waals surface area contributed by atoms with Crippen LogP contribution in [0.3, 0.4) is 0 Å². The van der Waals surface area contributed by atoms with E-state index < -0.39 is 0 Å². The number of nitrogens with one attached hydrogen (secondary N) is 2. The first-order valence-electron chi connectivity index (χ1n) is 5.32. The Bertz CT molecular complexity index is 354. The summed E-state index contributed by atoms with van der Waals surface area (Å²) in [6, 6.07) is 2.09.